The molecule has 3 aromatic rings. The Morgan fingerprint density at radius 2 is 1.79 bits per heavy atom. The van der Waals surface area contributed by atoms with Gasteiger partial charge in [0, 0.05) is 22.8 Å². The van der Waals surface area contributed by atoms with E-state index in [4.69, 9.17) is 0 Å². The molecule has 1 aromatic heterocycles. The second-order valence-corrected chi connectivity index (χ2v) is 7.39. The summed E-state index contributed by atoms with van der Waals surface area (Å²) in [5.41, 5.74) is 1.38. The normalized spacial score (nSPS) is 15.8. The zero-order valence-electron chi connectivity index (χ0n) is 14.1. The van der Waals surface area contributed by atoms with Gasteiger partial charge in [-0.2, -0.15) is 0 Å². The van der Waals surface area contributed by atoms with E-state index in [0.717, 1.165) is 23.5 Å². The summed E-state index contributed by atoms with van der Waals surface area (Å²) in [7, 11) is 0. The highest BCUT2D eigenvalue weighted by atomic mass is 32.1. The molecule has 142 valence electrons. The highest BCUT2D eigenvalue weighted by Crippen LogP contribution is 2.49. The van der Waals surface area contributed by atoms with Crippen LogP contribution in [0.5, 0.6) is 0 Å². The maximum Gasteiger partial charge on any atom is 0.346 e. The Morgan fingerprint density at radius 3 is 2.43 bits per heavy atom. The van der Waals surface area contributed by atoms with Crippen molar-refractivity contribution >= 4 is 28.9 Å². The van der Waals surface area contributed by atoms with Gasteiger partial charge in [-0.15, -0.1) is 11.3 Å². The number of hydrogen-bond donors (Lipinski definition) is 2. The van der Waals surface area contributed by atoms with Crippen molar-refractivity contribution in [3.8, 4) is 11.1 Å². The van der Waals surface area contributed by atoms with E-state index in [9.17, 15) is 27.9 Å². The van der Waals surface area contributed by atoms with Gasteiger partial charge in [0.05, 0.1) is 5.69 Å². The molecule has 4 rings (SSSR count). The highest BCUT2D eigenvalue weighted by Gasteiger charge is 2.34. The van der Waals surface area contributed by atoms with E-state index < -0.39 is 29.3 Å². The van der Waals surface area contributed by atoms with Crippen LogP contribution in [0.25, 0.3) is 11.1 Å². The molecule has 1 unspecified atom stereocenters. The van der Waals surface area contributed by atoms with Crippen molar-refractivity contribution in [3.63, 3.8) is 0 Å². The first-order valence-corrected chi connectivity index (χ1v) is 9.07. The van der Waals surface area contributed by atoms with Crippen molar-refractivity contribution in [2.75, 3.05) is 5.32 Å². The molecule has 1 aliphatic rings. The van der Waals surface area contributed by atoms with Crippen LogP contribution in [0, 0.1) is 17.5 Å². The van der Waals surface area contributed by atoms with Crippen LogP contribution < -0.4 is 5.32 Å². The van der Waals surface area contributed by atoms with Crippen LogP contribution in [-0.4, -0.2) is 17.0 Å². The number of aromatic carboxylic acids is 1. The second kappa shape index (κ2) is 6.79. The predicted molar refractivity (Wildman–Crippen MR) is 98.1 cm³/mol. The van der Waals surface area contributed by atoms with E-state index in [0.29, 0.717) is 21.7 Å². The lowest BCUT2D eigenvalue weighted by atomic mass is 9.88. The fraction of sp³-hybridized carbons (Fsp3) is 0.100. The Bertz CT molecular complexity index is 1110. The minimum Gasteiger partial charge on any atom is -0.477 e. The van der Waals surface area contributed by atoms with Crippen LogP contribution in [0.2, 0.25) is 0 Å². The van der Waals surface area contributed by atoms with Gasteiger partial charge in [0.25, 0.3) is 0 Å². The molecule has 0 aliphatic carbocycles. The zero-order valence-corrected chi connectivity index (χ0v) is 14.9. The molecule has 0 fully saturated rings. The van der Waals surface area contributed by atoms with Crippen LogP contribution >= 0.6 is 11.3 Å². The van der Waals surface area contributed by atoms with Crippen LogP contribution in [-0.2, 0) is 4.79 Å². The minimum atomic E-state index is -1.20. The average Bonchev–Trinajstić information content (AvgIpc) is 3.03. The topological polar surface area (TPSA) is 66.4 Å². The first-order valence-electron chi connectivity index (χ1n) is 8.26. The summed E-state index contributed by atoms with van der Waals surface area (Å²) in [4.78, 5) is 24.6. The summed E-state index contributed by atoms with van der Waals surface area (Å²) in [6, 6.07) is 8.62. The van der Waals surface area contributed by atoms with Crippen LogP contribution in [0.15, 0.2) is 42.5 Å². The Hall–Kier alpha value is -3.13. The van der Waals surface area contributed by atoms with Crippen molar-refractivity contribution in [1.29, 1.82) is 0 Å². The molecule has 28 heavy (non-hydrogen) atoms. The van der Waals surface area contributed by atoms with Gasteiger partial charge in [0.15, 0.2) is 11.6 Å². The molecular weight excluding hydrogens is 391 g/mol. The van der Waals surface area contributed by atoms with E-state index in [1.54, 1.807) is 0 Å². The lowest BCUT2D eigenvalue weighted by Gasteiger charge is -2.24. The summed E-state index contributed by atoms with van der Waals surface area (Å²) in [5.74, 6) is -4.71. The van der Waals surface area contributed by atoms with Gasteiger partial charge in [0.1, 0.15) is 10.7 Å². The summed E-state index contributed by atoms with van der Waals surface area (Å²) >= 11 is 0.960. The molecule has 1 atom stereocenters. The van der Waals surface area contributed by atoms with Crippen molar-refractivity contribution in [2.24, 2.45) is 0 Å². The Labute approximate surface area is 161 Å². The fourth-order valence-corrected chi connectivity index (χ4v) is 4.57. The van der Waals surface area contributed by atoms with E-state index in [-0.39, 0.29) is 22.8 Å². The number of carboxylic acids is 1. The quantitative estimate of drug-likeness (QED) is 0.647. The Balaban J connectivity index is 1.93. The largest absolute Gasteiger partial charge is 0.477 e. The first kappa shape index (κ1) is 18.2. The number of thiophene rings is 1. The molecule has 0 radical (unpaired) electrons. The number of anilines is 1. The van der Waals surface area contributed by atoms with E-state index >= 15 is 0 Å². The lowest BCUT2D eigenvalue weighted by molar-refractivity contribution is -0.116. The van der Waals surface area contributed by atoms with Crippen LogP contribution in [0.3, 0.4) is 0 Å². The molecule has 4 nitrogen and oxygen atoms in total. The number of carbonyl (C=O) groups is 2. The molecule has 2 N–H and O–H groups in total. The van der Waals surface area contributed by atoms with Gasteiger partial charge in [-0.05, 0) is 35.4 Å². The van der Waals surface area contributed by atoms with Crippen molar-refractivity contribution in [2.45, 2.75) is 12.3 Å². The summed E-state index contributed by atoms with van der Waals surface area (Å²) in [5, 5.41) is 12.3. The number of amides is 1. The molecule has 0 spiro atoms. The number of nitrogens with one attached hydrogen (secondary N) is 1. The van der Waals surface area contributed by atoms with Gasteiger partial charge < -0.3 is 10.4 Å². The molecule has 2 aromatic carbocycles. The third-order valence-corrected chi connectivity index (χ3v) is 5.87. The molecular formula is C20H12F3NO3S. The monoisotopic (exact) mass is 403 g/mol. The number of rotatable bonds is 3. The number of carboxylic acid groups (broad SMARTS) is 1. The number of halogens is 3. The van der Waals surface area contributed by atoms with Gasteiger partial charge in [0.2, 0.25) is 5.91 Å². The van der Waals surface area contributed by atoms with Gasteiger partial charge >= 0.3 is 5.97 Å². The van der Waals surface area contributed by atoms with E-state index in [2.05, 4.69) is 5.32 Å². The molecule has 1 amide bonds. The minimum absolute atomic E-state index is 0.0219. The summed E-state index contributed by atoms with van der Waals surface area (Å²) < 4.78 is 40.3. The van der Waals surface area contributed by atoms with Gasteiger partial charge in [-0.1, -0.05) is 18.2 Å². The SMILES string of the molecule is O=C1CC(c2ccc(F)c(F)c2)c2sc(C(=O)O)c(-c3ccc(F)cc3)c2N1. The molecule has 0 bridgehead atoms. The Kier molecular flexibility index (Phi) is 4.43. The van der Waals surface area contributed by atoms with Gasteiger partial charge in [-0.3, -0.25) is 4.79 Å². The summed E-state index contributed by atoms with van der Waals surface area (Å²) in [6.45, 7) is 0. The van der Waals surface area contributed by atoms with Crippen molar-refractivity contribution < 1.29 is 27.9 Å². The van der Waals surface area contributed by atoms with Gasteiger partial charge in [-0.25, -0.2) is 18.0 Å². The first-order chi connectivity index (χ1) is 13.3. The summed E-state index contributed by atoms with van der Waals surface area (Å²) in [6.07, 6.45) is -0.0273. The highest BCUT2D eigenvalue weighted by molar-refractivity contribution is 7.15. The number of fused-ring (bicyclic) bond motifs is 1. The molecule has 1 aliphatic heterocycles. The van der Waals surface area contributed by atoms with Crippen LogP contribution in [0.1, 0.15) is 32.5 Å². The van der Waals surface area contributed by atoms with E-state index in [1.165, 1.54) is 30.3 Å². The van der Waals surface area contributed by atoms with Crippen molar-refractivity contribution in [3.05, 3.63) is 75.2 Å². The smallest absolute Gasteiger partial charge is 0.346 e. The predicted octanol–water partition coefficient (Wildman–Crippen LogP) is 5.00. The number of hydrogen-bond acceptors (Lipinski definition) is 3. The average molecular weight is 403 g/mol. The third-order valence-electron chi connectivity index (χ3n) is 4.58. The molecule has 8 heteroatoms. The zero-order chi connectivity index (χ0) is 20.0. The molecule has 2 heterocycles. The van der Waals surface area contributed by atoms with Crippen molar-refractivity contribution in [1.82, 2.24) is 0 Å². The third kappa shape index (κ3) is 3.05. The fourth-order valence-electron chi connectivity index (χ4n) is 3.33. The molecule has 0 saturated heterocycles. The molecule has 0 saturated carbocycles. The standard InChI is InChI=1S/C20H12F3NO3S/c21-11-4-1-9(2-5-11)16-17-18(28-19(16)20(26)27)12(8-15(25)24-17)10-3-6-13(22)14(23)7-10/h1-7,12H,8H2,(H,24,25)(H,26,27). The van der Waals surface area contributed by atoms with Crippen LogP contribution in [0.4, 0.5) is 18.9 Å². The Morgan fingerprint density at radius 1 is 1.07 bits per heavy atom. The maximum absolute atomic E-state index is 13.7. The number of benzene rings is 2. The maximum atomic E-state index is 13.7. The lowest BCUT2D eigenvalue weighted by Crippen LogP contribution is -2.22. The second-order valence-electron chi connectivity index (χ2n) is 6.34. The van der Waals surface area contributed by atoms with E-state index in [1.807, 2.05) is 0 Å². The number of carbonyl (C=O) groups excluding carboxylic acids is 1.